The summed E-state index contributed by atoms with van der Waals surface area (Å²) in [6, 6.07) is 25.6. The Balaban J connectivity index is 1.53. The minimum Gasteiger partial charge on any atom is -0.493 e. The Hall–Kier alpha value is -4.62. The van der Waals surface area contributed by atoms with Crippen molar-refractivity contribution in [2.75, 3.05) is 7.11 Å². The number of furan rings is 1. The third-order valence-electron chi connectivity index (χ3n) is 6.05. The van der Waals surface area contributed by atoms with Gasteiger partial charge in [0.1, 0.15) is 17.1 Å². The van der Waals surface area contributed by atoms with Crippen LogP contribution in [0.25, 0.3) is 44.4 Å². The van der Waals surface area contributed by atoms with Gasteiger partial charge in [0.15, 0.2) is 11.3 Å². The van der Waals surface area contributed by atoms with Crippen LogP contribution in [0.4, 0.5) is 0 Å². The van der Waals surface area contributed by atoms with Gasteiger partial charge in [-0.15, -0.1) is 11.3 Å². The molecule has 3 heterocycles. The average molecular weight is 509 g/mol. The van der Waals surface area contributed by atoms with Crippen molar-refractivity contribution in [2.45, 2.75) is 6.42 Å². The van der Waals surface area contributed by atoms with E-state index in [1.807, 2.05) is 72.1 Å². The lowest BCUT2D eigenvalue weighted by Crippen LogP contribution is -2.11. The van der Waals surface area contributed by atoms with Crippen LogP contribution in [0.1, 0.15) is 4.88 Å². The Labute approximate surface area is 215 Å². The first kappa shape index (κ1) is 22.8. The Morgan fingerprint density at radius 1 is 0.865 bits per heavy atom. The van der Waals surface area contributed by atoms with E-state index < -0.39 is 5.63 Å². The van der Waals surface area contributed by atoms with Crippen molar-refractivity contribution in [3.05, 3.63) is 106 Å². The van der Waals surface area contributed by atoms with E-state index in [1.54, 1.807) is 19.2 Å². The molecule has 0 atom stereocenters. The molecule has 3 aromatic heterocycles. The largest absolute Gasteiger partial charge is 0.493 e. The van der Waals surface area contributed by atoms with Gasteiger partial charge in [0.2, 0.25) is 0 Å². The Morgan fingerprint density at radius 3 is 2.51 bits per heavy atom. The van der Waals surface area contributed by atoms with Crippen LogP contribution in [0, 0.1) is 0 Å². The van der Waals surface area contributed by atoms with Crippen LogP contribution < -0.4 is 15.1 Å². The van der Waals surface area contributed by atoms with Gasteiger partial charge in [-0.1, -0.05) is 48.5 Å². The molecule has 182 valence electrons. The minimum atomic E-state index is -0.517. The lowest BCUT2D eigenvalue weighted by Gasteiger charge is -2.13. The number of rotatable bonds is 6. The van der Waals surface area contributed by atoms with E-state index in [1.165, 1.54) is 17.4 Å². The van der Waals surface area contributed by atoms with Gasteiger partial charge in [0, 0.05) is 32.8 Å². The molecule has 0 amide bonds. The predicted molar refractivity (Wildman–Crippen MR) is 143 cm³/mol. The standard InChI is InChI=1S/C30H20O6S/c1-33-24-11-5-9-19-13-25(36-30(19)24)23-17-29(32)35-27-15-21(18-7-3-2-4-8-18)26(16-22(23)27)34-28(31)14-20-10-6-12-37-20/h2-13,15-17H,14H2,1H3. The van der Waals surface area contributed by atoms with Crippen molar-refractivity contribution in [3.8, 4) is 33.9 Å². The zero-order valence-corrected chi connectivity index (χ0v) is 20.5. The smallest absolute Gasteiger partial charge is 0.336 e. The lowest BCUT2D eigenvalue weighted by molar-refractivity contribution is -0.133. The molecule has 0 aliphatic rings. The molecule has 0 aliphatic carbocycles. The maximum absolute atomic E-state index is 12.9. The van der Waals surface area contributed by atoms with E-state index in [0.29, 0.717) is 44.9 Å². The van der Waals surface area contributed by atoms with Crippen molar-refractivity contribution in [1.82, 2.24) is 0 Å². The van der Waals surface area contributed by atoms with Gasteiger partial charge in [-0.25, -0.2) is 4.79 Å². The van der Waals surface area contributed by atoms with Crippen LogP contribution in [0.5, 0.6) is 11.5 Å². The van der Waals surface area contributed by atoms with E-state index in [4.69, 9.17) is 18.3 Å². The Bertz CT molecular complexity index is 1800. The quantitative estimate of drug-likeness (QED) is 0.136. The SMILES string of the molecule is COc1cccc2cc(-c3cc(=O)oc4cc(-c5ccccc5)c(OC(=O)Cc5cccs5)cc34)oc12. The molecule has 0 radical (unpaired) electrons. The van der Waals surface area contributed by atoms with Gasteiger partial charge in [-0.2, -0.15) is 0 Å². The van der Waals surface area contributed by atoms with Crippen LogP contribution in [0.2, 0.25) is 0 Å². The van der Waals surface area contributed by atoms with Crippen LogP contribution in [-0.4, -0.2) is 13.1 Å². The number of ether oxygens (including phenoxy) is 2. The van der Waals surface area contributed by atoms with Gasteiger partial charge < -0.3 is 18.3 Å². The van der Waals surface area contributed by atoms with Gasteiger partial charge in [-0.3, -0.25) is 4.79 Å². The number of benzene rings is 3. The molecule has 0 saturated carbocycles. The summed E-state index contributed by atoms with van der Waals surface area (Å²) in [6.45, 7) is 0. The van der Waals surface area contributed by atoms with Gasteiger partial charge in [-0.05, 0) is 41.3 Å². The Morgan fingerprint density at radius 2 is 1.73 bits per heavy atom. The summed E-state index contributed by atoms with van der Waals surface area (Å²) in [5, 5.41) is 3.33. The highest BCUT2D eigenvalue weighted by Gasteiger charge is 2.19. The van der Waals surface area contributed by atoms with Crippen LogP contribution >= 0.6 is 11.3 Å². The van der Waals surface area contributed by atoms with Crippen LogP contribution in [0.15, 0.2) is 104 Å². The zero-order valence-electron chi connectivity index (χ0n) is 19.7. The fourth-order valence-corrected chi connectivity index (χ4v) is 5.05. The summed E-state index contributed by atoms with van der Waals surface area (Å²) in [7, 11) is 1.57. The third-order valence-corrected chi connectivity index (χ3v) is 6.92. The summed E-state index contributed by atoms with van der Waals surface area (Å²) in [5.41, 5.74) is 2.40. The topological polar surface area (TPSA) is 78.9 Å². The third kappa shape index (κ3) is 4.41. The second kappa shape index (κ2) is 9.44. The summed E-state index contributed by atoms with van der Waals surface area (Å²) < 4.78 is 23.0. The molecule has 0 bridgehead atoms. The normalized spacial score (nSPS) is 11.2. The summed E-state index contributed by atoms with van der Waals surface area (Å²) in [4.78, 5) is 26.4. The minimum absolute atomic E-state index is 0.157. The fourth-order valence-electron chi connectivity index (χ4n) is 4.36. The average Bonchev–Trinajstić information content (AvgIpc) is 3.58. The number of carbonyl (C=O) groups is 1. The van der Waals surface area contributed by atoms with Crippen molar-refractivity contribution in [1.29, 1.82) is 0 Å². The van der Waals surface area contributed by atoms with Crippen LogP contribution in [-0.2, 0) is 11.2 Å². The zero-order chi connectivity index (χ0) is 25.4. The molecule has 6 aromatic rings. The number of fused-ring (bicyclic) bond motifs is 2. The lowest BCUT2D eigenvalue weighted by atomic mass is 10.00. The molecule has 0 N–H and O–H groups in total. The molecule has 7 heteroatoms. The number of hydrogen-bond donors (Lipinski definition) is 0. The highest BCUT2D eigenvalue weighted by atomic mass is 32.1. The number of carbonyl (C=O) groups excluding carboxylic acids is 1. The first-order chi connectivity index (χ1) is 18.1. The van der Waals surface area contributed by atoms with E-state index >= 15 is 0 Å². The number of hydrogen-bond acceptors (Lipinski definition) is 7. The van der Waals surface area contributed by atoms with E-state index in [2.05, 4.69) is 0 Å². The first-order valence-corrected chi connectivity index (χ1v) is 12.4. The molecule has 0 fully saturated rings. The van der Waals surface area contributed by atoms with Gasteiger partial charge >= 0.3 is 11.6 Å². The molecule has 3 aromatic carbocycles. The van der Waals surface area contributed by atoms with Crippen LogP contribution in [0.3, 0.4) is 0 Å². The fraction of sp³-hybridized carbons (Fsp3) is 0.0667. The highest BCUT2D eigenvalue weighted by Crippen LogP contribution is 2.40. The molecule has 0 unspecified atom stereocenters. The number of methoxy groups -OCH3 is 1. The molecule has 0 spiro atoms. The molecule has 0 saturated heterocycles. The van der Waals surface area contributed by atoms with Crippen molar-refractivity contribution >= 4 is 39.2 Å². The van der Waals surface area contributed by atoms with Crippen molar-refractivity contribution in [3.63, 3.8) is 0 Å². The van der Waals surface area contributed by atoms with Gasteiger partial charge in [0.05, 0.1) is 13.5 Å². The van der Waals surface area contributed by atoms with Crippen molar-refractivity contribution < 1.29 is 23.1 Å². The van der Waals surface area contributed by atoms with E-state index in [0.717, 1.165) is 15.8 Å². The summed E-state index contributed by atoms with van der Waals surface area (Å²) >= 11 is 1.50. The highest BCUT2D eigenvalue weighted by molar-refractivity contribution is 7.10. The van der Waals surface area contributed by atoms with Crippen molar-refractivity contribution in [2.24, 2.45) is 0 Å². The second-order valence-corrected chi connectivity index (χ2v) is 9.44. The number of esters is 1. The molecular weight excluding hydrogens is 488 g/mol. The monoisotopic (exact) mass is 508 g/mol. The summed E-state index contributed by atoms with van der Waals surface area (Å²) in [6.07, 6.45) is 0.157. The molecular formula is C30H20O6S. The van der Waals surface area contributed by atoms with E-state index in [9.17, 15) is 9.59 Å². The maximum Gasteiger partial charge on any atom is 0.336 e. The second-order valence-electron chi connectivity index (χ2n) is 8.41. The molecule has 0 aliphatic heterocycles. The Kier molecular flexibility index (Phi) is 5.82. The molecule has 37 heavy (non-hydrogen) atoms. The van der Waals surface area contributed by atoms with E-state index in [-0.39, 0.29) is 12.4 Å². The predicted octanol–water partition coefficient (Wildman–Crippen LogP) is 7.09. The van der Waals surface area contributed by atoms with Gasteiger partial charge in [0.25, 0.3) is 0 Å². The molecule has 6 nitrogen and oxygen atoms in total. The maximum atomic E-state index is 12.9. The molecule has 6 rings (SSSR count). The summed E-state index contributed by atoms with van der Waals surface area (Å²) in [5.74, 6) is 1.04. The number of thiophene rings is 1. The number of para-hydroxylation sites is 1. The first-order valence-electron chi connectivity index (χ1n) is 11.6.